The average Bonchev–Trinajstić information content (AvgIpc) is 2.90. The summed E-state index contributed by atoms with van der Waals surface area (Å²) in [5, 5.41) is 8.95. The Morgan fingerprint density at radius 2 is 2.24 bits per heavy atom. The van der Waals surface area contributed by atoms with Crippen LogP contribution in [0.1, 0.15) is 16.8 Å². The van der Waals surface area contributed by atoms with Crippen LogP contribution >= 0.6 is 0 Å². The minimum Gasteiger partial charge on any atom is -0.481 e. The van der Waals surface area contributed by atoms with Crippen LogP contribution in [-0.4, -0.2) is 52.1 Å². The molecule has 1 fully saturated rings. The summed E-state index contributed by atoms with van der Waals surface area (Å²) in [5.41, 5.74) is 1.50. The molecule has 0 saturated carbocycles. The maximum absolute atomic E-state index is 12.6. The third kappa shape index (κ3) is 2.75. The fraction of sp³-hybridized carbons (Fsp3) is 0.333. The standard InChI is InChI=1S/C15H16N2O4/c18-14(19)8-13-10-21-6-5-17(13)15(20)11-7-12-3-1-2-4-16(12)9-11/h1-4,7,9,13H,5-6,8,10H2,(H,18,19). The molecule has 0 aromatic carbocycles. The molecule has 1 unspecified atom stereocenters. The van der Waals surface area contributed by atoms with Crippen LogP contribution in [0.25, 0.3) is 5.52 Å². The highest BCUT2D eigenvalue weighted by molar-refractivity contribution is 5.96. The molecule has 0 bridgehead atoms. The van der Waals surface area contributed by atoms with Gasteiger partial charge in [-0.3, -0.25) is 9.59 Å². The van der Waals surface area contributed by atoms with Crippen molar-refractivity contribution < 1.29 is 19.4 Å². The number of carbonyl (C=O) groups excluding carboxylic acids is 1. The van der Waals surface area contributed by atoms with Crippen molar-refractivity contribution in [2.45, 2.75) is 12.5 Å². The Kier molecular flexibility index (Phi) is 3.62. The van der Waals surface area contributed by atoms with Gasteiger partial charge in [0.05, 0.1) is 31.2 Å². The summed E-state index contributed by atoms with van der Waals surface area (Å²) in [6.07, 6.45) is 3.55. The Bertz CT molecular complexity index is 646. The lowest BCUT2D eigenvalue weighted by Gasteiger charge is -2.34. The molecule has 110 valence electrons. The fourth-order valence-corrected chi connectivity index (χ4v) is 2.63. The first-order chi connectivity index (χ1) is 10.1. The Hall–Kier alpha value is -2.34. The monoisotopic (exact) mass is 288 g/mol. The number of amides is 1. The minimum absolute atomic E-state index is 0.0981. The third-order valence-electron chi connectivity index (χ3n) is 3.65. The highest BCUT2D eigenvalue weighted by Gasteiger charge is 2.30. The Morgan fingerprint density at radius 1 is 1.38 bits per heavy atom. The van der Waals surface area contributed by atoms with E-state index < -0.39 is 12.0 Å². The SMILES string of the molecule is O=C(O)CC1COCCN1C(=O)c1cc2ccccn2c1. The molecule has 1 saturated heterocycles. The smallest absolute Gasteiger partial charge is 0.305 e. The van der Waals surface area contributed by atoms with Crippen molar-refractivity contribution in [3.05, 3.63) is 42.2 Å². The highest BCUT2D eigenvalue weighted by Crippen LogP contribution is 2.17. The number of aliphatic carboxylic acids is 1. The van der Waals surface area contributed by atoms with E-state index in [1.54, 1.807) is 11.1 Å². The van der Waals surface area contributed by atoms with Gasteiger partial charge in [-0.15, -0.1) is 0 Å². The number of morpholine rings is 1. The van der Waals surface area contributed by atoms with Crippen LogP contribution in [0.2, 0.25) is 0 Å². The summed E-state index contributed by atoms with van der Waals surface area (Å²) in [6, 6.07) is 7.13. The molecule has 2 aromatic heterocycles. The van der Waals surface area contributed by atoms with Crippen molar-refractivity contribution >= 4 is 17.4 Å². The van der Waals surface area contributed by atoms with E-state index in [4.69, 9.17) is 9.84 Å². The van der Waals surface area contributed by atoms with Crippen molar-refractivity contribution in [2.24, 2.45) is 0 Å². The van der Waals surface area contributed by atoms with E-state index in [-0.39, 0.29) is 18.9 Å². The zero-order chi connectivity index (χ0) is 14.8. The van der Waals surface area contributed by atoms with Crippen LogP contribution < -0.4 is 0 Å². The number of rotatable bonds is 3. The Morgan fingerprint density at radius 3 is 3.00 bits per heavy atom. The molecule has 1 aliphatic heterocycles. The van der Waals surface area contributed by atoms with E-state index in [1.807, 2.05) is 34.9 Å². The number of hydrogen-bond acceptors (Lipinski definition) is 3. The molecule has 3 heterocycles. The summed E-state index contributed by atoms with van der Waals surface area (Å²) in [6.45, 7) is 1.13. The number of nitrogens with zero attached hydrogens (tertiary/aromatic N) is 2. The number of fused-ring (bicyclic) bond motifs is 1. The number of ether oxygens (including phenoxy) is 1. The molecule has 2 aromatic rings. The van der Waals surface area contributed by atoms with E-state index in [0.717, 1.165) is 5.52 Å². The third-order valence-corrected chi connectivity index (χ3v) is 3.65. The van der Waals surface area contributed by atoms with Crippen molar-refractivity contribution in [3.63, 3.8) is 0 Å². The molecule has 1 amide bonds. The molecule has 0 aliphatic carbocycles. The second-order valence-electron chi connectivity index (χ2n) is 5.09. The van der Waals surface area contributed by atoms with Gasteiger partial charge in [0.1, 0.15) is 0 Å². The van der Waals surface area contributed by atoms with Gasteiger partial charge in [0.25, 0.3) is 5.91 Å². The molecular formula is C15H16N2O4. The van der Waals surface area contributed by atoms with E-state index in [1.165, 1.54) is 0 Å². The topological polar surface area (TPSA) is 71.2 Å². The lowest BCUT2D eigenvalue weighted by molar-refractivity contribution is -0.139. The van der Waals surface area contributed by atoms with Gasteiger partial charge in [0, 0.05) is 24.5 Å². The van der Waals surface area contributed by atoms with Crippen LogP contribution in [0.5, 0.6) is 0 Å². The summed E-state index contributed by atoms with van der Waals surface area (Å²) < 4.78 is 7.17. The van der Waals surface area contributed by atoms with Crippen molar-refractivity contribution in [3.8, 4) is 0 Å². The Balaban J connectivity index is 1.86. The van der Waals surface area contributed by atoms with Crippen LogP contribution in [0, 0.1) is 0 Å². The second kappa shape index (κ2) is 5.57. The van der Waals surface area contributed by atoms with E-state index in [2.05, 4.69) is 0 Å². The maximum atomic E-state index is 12.6. The Labute approximate surface area is 121 Å². The zero-order valence-corrected chi connectivity index (χ0v) is 11.4. The van der Waals surface area contributed by atoms with Crippen molar-refractivity contribution in [1.29, 1.82) is 0 Å². The van der Waals surface area contributed by atoms with E-state index >= 15 is 0 Å². The molecule has 6 heteroatoms. The number of hydrogen-bond donors (Lipinski definition) is 1. The number of pyridine rings is 1. The van der Waals surface area contributed by atoms with Gasteiger partial charge < -0.3 is 19.1 Å². The van der Waals surface area contributed by atoms with Crippen molar-refractivity contribution in [2.75, 3.05) is 19.8 Å². The molecule has 1 aliphatic rings. The first kappa shape index (κ1) is 13.6. The molecule has 0 spiro atoms. The summed E-state index contributed by atoms with van der Waals surface area (Å²) >= 11 is 0. The normalized spacial score (nSPS) is 18.9. The molecule has 21 heavy (non-hydrogen) atoms. The van der Waals surface area contributed by atoms with Gasteiger partial charge in [0.15, 0.2) is 0 Å². The van der Waals surface area contributed by atoms with Crippen LogP contribution in [0.15, 0.2) is 36.7 Å². The number of aromatic nitrogens is 1. The van der Waals surface area contributed by atoms with Crippen LogP contribution in [0.3, 0.4) is 0 Å². The molecule has 1 N–H and O–H groups in total. The average molecular weight is 288 g/mol. The first-order valence-electron chi connectivity index (χ1n) is 6.82. The summed E-state index contributed by atoms with van der Waals surface area (Å²) in [4.78, 5) is 25.1. The van der Waals surface area contributed by atoms with E-state index in [0.29, 0.717) is 18.7 Å². The molecule has 3 rings (SSSR count). The summed E-state index contributed by atoms with van der Waals surface area (Å²) in [7, 11) is 0. The molecule has 6 nitrogen and oxygen atoms in total. The number of carboxylic acids is 1. The van der Waals surface area contributed by atoms with Crippen LogP contribution in [-0.2, 0) is 9.53 Å². The van der Waals surface area contributed by atoms with Gasteiger partial charge in [-0.1, -0.05) is 6.07 Å². The molecule has 1 atom stereocenters. The van der Waals surface area contributed by atoms with E-state index in [9.17, 15) is 9.59 Å². The predicted octanol–water partition coefficient (Wildman–Crippen LogP) is 1.25. The largest absolute Gasteiger partial charge is 0.481 e. The quantitative estimate of drug-likeness (QED) is 0.923. The van der Waals surface area contributed by atoms with Crippen molar-refractivity contribution in [1.82, 2.24) is 9.30 Å². The number of carbonyl (C=O) groups is 2. The van der Waals surface area contributed by atoms with Crippen LogP contribution in [0.4, 0.5) is 0 Å². The number of carboxylic acid groups (broad SMARTS) is 1. The zero-order valence-electron chi connectivity index (χ0n) is 11.4. The predicted molar refractivity (Wildman–Crippen MR) is 75.3 cm³/mol. The summed E-state index contributed by atoms with van der Waals surface area (Å²) in [5.74, 6) is -1.07. The highest BCUT2D eigenvalue weighted by atomic mass is 16.5. The first-order valence-corrected chi connectivity index (χ1v) is 6.82. The van der Waals surface area contributed by atoms with Gasteiger partial charge in [-0.25, -0.2) is 0 Å². The lowest BCUT2D eigenvalue weighted by atomic mass is 10.1. The van der Waals surface area contributed by atoms with Gasteiger partial charge in [-0.05, 0) is 18.2 Å². The van der Waals surface area contributed by atoms with Gasteiger partial charge in [-0.2, -0.15) is 0 Å². The van der Waals surface area contributed by atoms with Gasteiger partial charge in [0.2, 0.25) is 0 Å². The molecule has 0 radical (unpaired) electrons. The van der Waals surface area contributed by atoms with Gasteiger partial charge >= 0.3 is 5.97 Å². The maximum Gasteiger partial charge on any atom is 0.305 e. The second-order valence-corrected chi connectivity index (χ2v) is 5.09. The lowest BCUT2D eigenvalue weighted by Crippen LogP contribution is -2.49. The minimum atomic E-state index is -0.926. The molecular weight excluding hydrogens is 272 g/mol. The fourth-order valence-electron chi connectivity index (χ4n) is 2.63.